The van der Waals surface area contributed by atoms with Crippen molar-refractivity contribution in [1.29, 1.82) is 0 Å². The predicted molar refractivity (Wildman–Crippen MR) is 190 cm³/mol. The molecular weight excluding hydrogens is 516 g/mol. The van der Waals surface area contributed by atoms with Crippen LogP contribution >= 0.6 is 15.8 Å². The van der Waals surface area contributed by atoms with Crippen LogP contribution in [0.15, 0.2) is 121 Å². The van der Waals surface area contributed by atoms with Gasteiger partial charge in [0.25, 0.3) is 0 Å². The number of hydrogen-bond acceptors (Lipinski definition) is 0. The average molecular weight is 562 g/mol. The molecule has 206 valence electrons. The van der Waals surface area contributed by atoms with Gasteiger partial charge in [-0.2, -0.15) is 0 Å². The molecule has 0 spiro atoms. The molecule has 2 saturated carbocycles. The molecule has 0 bridgehead atoms. The summed E-state index contributed by atoms with van der Waals surface area (Å²) in [6.45, 7) is 0. The zero-order valence-electron chi connectivity index (χ0n) is 22.4. The van der Waals surface area contributed by atoms with Crippen molar-refractivity contribution in [2.24, 2.45) is 11.8 Å². The van der Waals surface area contributed by atoms with Crippen LogP contribution in [0.5, 0.6) is 0 Å². The summed E-state index contributed by atoms with van der Waals surface area (Å²) in [5, 5.41) is 6.30. The summed E-state index contributed by atoms with van der Waals surface area (Å²) in [4.78, 5) is 0. The van der Waals surface area contributed by atoms with Crippen molar-refractivity contribution in [2.45, 2.75) is 62.7 Å². The Kier molecular flexibility index (Phi) is 11.7. The number of benzene rings is 4. The van der Waals surface area contributed by atoms with Crippen LogP contribution in [0, 0.1) is 11.8 Å². The van der Waals surface area contributed by atoms with E-state index in [4.69, 9.17) is 0 Å². The average Bonchev–Trinajstić information content (AvgIpc) is 3.47. The normalized spacial score (nSPS) is 20.1. The van der Waals surface area contributed by atoms with Gasteiger partial charge in [-0.05, 0) is 85.9 Å². The summed E-state index contributed by atoms with van der Waals surface area (Å²) in [5.74, 6) is 1.61. The third-order valence-corrected chi connectivity index (χ3v) is 15.0. The lowest BCUT2D eigenvalue weighted by atomic mass is 9.81. The van der Waals surface area contributed by atoms with Gasteiger partial charge in [-0.1, -0.05) is 147 Å². The molecule has 0 N–H and O–H groups in total. The van der Waals surface area contributed by atoms with E-state index in [0.29, 0.717) is 0 Å². The molecule has 0 saturated heterocycles. The minimum absolute atomic E-state index is 0. The van der Waals surface area contributed by atoms with Gasteiger partial charge in [-0.15, -0.1) is 0 Å². The van der Waals surface area contributed by atoms with Crippen LogP contribution in [0.25, 0.3) is 0 Å². The highest BCUT2D eigenvalue weighted by Gasteiger charge is 2.45. The first-order valence-electron chi connectivity index (χ1n) is 14.7. The van der Waals surface area contributed by atoms with E-state index in [9.17, 15) is 0 Å². The molecule has 6 rings (SSSR count). The van der Waals surface area contributed by atoms with Crippen molar-refractivity contribution < 1.29 is 0 Å². The second-order valence-electron chi connectivity index (χ2n) is 11.1. The predicted octanol–water partition coefficient (Wildman–Crippen LogP) is 6.00. The van der Waals surface area contributed by atoms with Gasteiger partial charge in [-0.25, -0.2) is 0 Å². The van der Waals surface area contributed by atoms with Crippen LogP contribution in [0.2, 0.25) is 0 Å². The molecular formula is C36H46B2P2. The van der Waals surface area contributed by atoms with Crippen molar-refractivity contribution in [2.75, 3.05) is 0 Å². The zero-order chi connectivity index (χ0) is 25.6. The smallest absolute Gasteiger partial charge is 0.0622 e. The molecule has 0 nitrogen and oxygen atoms in total. The molecule has 0 heterocycles. The summed E-state index contributed by atoms with van der Waals surface area (Å²) in [6.07, 6.45) is 11.2. The molecule has 0 radical (unpaired) electrons. The van der Waals surface area contributed by atoms with Crippen LogP contribution in [0.3, 0.4) is 0 Å². The Morgan fingerprint density at radius 1 is 0.450 bits per heavy atom. The topological polar surface area (TPSA) is 0 Å². The van der Waals surface area contributed by atoms with E-state index in [1.54, 1.807) is 21.2 Å². The van der Waals surface area contributed by atoms with Crippen LogP contribution in [-0.2, 0) is 0 Å². The third kappa shape index (κ3) is 6.84. The van der Waals surface area contributed by atoms with Crippen LogP contribution in [0.1, 0.15) is 51.4 Å². The van der Waals surface area contributed by atoms with Crippen LogP contribution in [-0.4, -0.2) is 28.1 Å². The first-order chi connectivity index (χ1) is 18.9. The largest absolute Gasteiger partial charge is 0.0814 e. The maximum atomic E-state index is 2.44. The quantitative estimate of drug-likeness (QED) is 0.183. The van der Waals surface area contributed by atoms with E-state index < -0.39 is 15.8 Å². The molecule has 40 heavy (non-hydrogen) atoms. The minimum atomic E-state index is -0.427. The molecule has 4 heteroatoms. The fourth-order valence-electron chi connectivity index (χ4n) is 7.30. The number of hydrogen-bond donors (Lipinski definition) is 0. The lowest BCUT2D eigenvalue weighted by Crippen LogP contribution is -2.39. The van der Waals surface area contributed by atoms with Crippen molar-refractivity contribution >= 4 is 53.9 Å². The maximum Gasteiger partial charge on any atom is 0.0814 e. The highest BCUT2D eigenvalue weighted by atomic mass is 31.1. The van der Waals surface area contributed by atoms with Gasteiger partial charge >= 0.3 is 0 Å². The van der Waals surface area contributed by atoms with Gasteiger partial charge in [0.05, 0.1) is 16.8 Å². The first-order valence-corrected chi connectivity index (χ1v) is 17.5. The second-order valence-corrected chi connectivity index (χ2v) is 15.9. The Labute approximate surface area is 249 Å². The van der Waals surface area contributed by atoms with E-state index in [1.165, 1.54) is 51.4 Å². The highest BCUT2D eigenvalue weighted by Crippen LogP contribution is 2.59. The Hall–Kier alpha value is -2.13. The summed E-state index contributed by atoms with van der Waals surface area (Å²) in [5.41, 5.74) is 1.50. The first kappa shape index (κ1) is 30.8. The van der Waals surface area contributed by atoms with E-state index in [-0.39, 0.29) is 16.8 Å². The van der Waals surface area contributed by atoms with E-state index in [0.717, 1.165) is 23.2 Å². The van der Waals surface area contributed by atoms with Crippen molar-refractivity contribution in [3.8, 4) is 0 Å². The Balaban J connectivity index is 0.00000185. The lowest BCUT2D eigenvalue weighted by Gasteiger charge is -2.44. The van der Waals surface area contributed by atoms with Gasteiger partial charge in [0.1, 0.15) is 0 Å². The fraction of sp³-hybridized carbons (Fsp3) is 0.333. The van der Waals surface area contributed by atoms with Crippen LogP contribution < -0.4 is 21.2 Å². The Morgan fingerprint density at radius 2 is 0.875 bits per heavy atom. The molecule has 0 unspecified atom stereocenters. The Morgan fingerprint density at radius 3 is 1.32 bits per heavy atom. The molecule has 0 amide bonds. The summed E-state index contributed by atoms with van der Waals surface area (Å²) >= 11 is 0. The molecule has 0 aliphatic heterocycles. The molecule has 2 aliphatic carbocycles. The second kappa shape index (κ2) is 15.2. The number of rotatable bonds is 8. The fourth-order valence-corrected chi connectivity index (χ4v) is 14.1. The van der Waals surface area contributed by atoms with Gasteiger partial charge in [0.15, 0.2) is 0 Å². The summed E-state index contributed by atoms with van der Waals surface area (Å²) in [7, 11) is -0.824. The van der Waals surface area contributed by atoms with E-state index in [2.05, 4.69) is 121 Å². The summed E-state index contributed by atoms with van der Waals surface area (Å²) < 4.78 is 0. The van der Waals surface area contributed by atoms with Gasteiger partial charge in [0, 0.05) is 0 Å². The summed E-state index contributed by atoms with van der Waals surface area (Å²) in [6, 6.07) is 46.3. The van der Waals surface area contributed by atoms with Crippen molar-refractivity contribution in [1.82, 2.24) is 0 Å². The van der Waals surface area contributed by atoms with E-state index >= 15 is 0 Å². The van der Waals surface area contributed by atoms with Gasteiger partial charge in [-0.3, -0.25) is 0 Å². The molecule has 4 aromatic rings. The van der Waals surface area contributed by atoms with Crippen LogP contribution in [0.4, 0.5) is 0 Å². The molecule has 2 fully saturated rings. The van der Waals surface area contributed by atoms with Gasteiger partial charge in [0.2, 0.25) is 0 Å². The third-order valence-electron chi connectivity index (χ3n) is 8.87. The molecule has 2 aliphatic rings. The monoisotopic (exact) mass is 562 g/mol. The van der Waals surface area contributed by atoms with Crippen molar-refractivity contribution in [3.05, 3.63) is 121 Å². The lowest BCUT2D eigenvalue weighted by molar-refractivity contribution is 0.300. The minimum Gasteiger partial charge on any atom is -0.0622 e. The molecule has 3 atom stereocenters. The Bertz CT molecular complexity index is 1170. The maximum absolute atomic E-state index is 2.44. The zero-order valence-corrected chi connectivity index (χ0v) is 24.2. The SMILES string of the molecule is B.B.c1ccc(P(c2ccccc2)[C@@H]2CCC[C@@H]2[C@H](C2CCCCC2)P(c2ccccc2)c2ccccc2)cc1. The van der Waals surface area contributed by atoms with Crippen molar-refractivity contribution in [3.63, 3.8) is 0 Å². The molecule has 0 aromatic heterocycles. The van der Waals surface area contributed by atoms with E-state index in [1.807, 2.05) is 0 Å². The van der Waals surface area contributed by atoms with Gasteiger partial charge < -0.3 is 0 Å². The highest BCUT2D eigenvalue weighted by molar-refractivity contribution is 7.74. The standard InChI is InChI=1S/C36H40P2.2BH3/c1-6-17-29(18-7-1)36(38(32-23-12-4-13-24-32)33-25-14-5-15-26-33)34-27-16-28-35(34)37(30-19-8-2-9-20-30)31-21-10-3-11-22-31;;/h2-5,8-15,19-26,29,34-36H,1,6-7,16-18,27-28H2;2*1H3/t34-,35+,36-;;/m0../s1. The molecule has 4 aromatic carbocycles.